The van der Waals surface area contributed by atoms with Crippen LogP contribution in [0.25, 0.3) is 15.9 Å². The molecule has 160 valence electrons. The van der Waals surface area contributed by atoms with Crippen molar-refractivity contribution >= 4 is 33.3 Å². The maximum Gasteiger partial charge on any atom is 0.267 e. The Morgan fingerprint density at radius 2 is 1.97 bits per heavy atom. The van der Waals surface area contributed by atoms with Crippen LogP contribution in [0.3, 0.4) is 0 Å². The van der Waals surface area contributed by atoms with Gasteiger partial charge in [0.1, 0.15) is 10.6 Å². The van der Waals surface area contributed by atoms with Crippen molar-refractivity contribution < 1.29 is 9.15 Å². The van der Waals surface area contributed by atoms with Crippen molar-refractivity contribution in [2.24, 2.45) is 0 Å². The van der Waals surface area contributed by atoms with Gasteiger partial charge in [0, 0.05) is 11.8 Å². The summed E-state index contributed by atoms with van der Waals surface area (Å²) >= 11 is 3.10. The first-order valence-electron chi connectivity index (χ1n) is 10.3. The molecule has 0 N–H and O–H groups in total. The lowest BCUT2D eigenvalue weighted by Gasteiger charge is -2.12. The van der Waals surface area contributed by atoms with Crippen molar-refractivity contribution in [2.75, 3.05) is 7.11 Å². The third kappa shape index (κ3) is 3.87. The van der Waals surface area contributed by atoms with Crippen LogP contribution in [-0.4, -0.2) is 26.9 Å². The van der Waals surface area contributed by atoms with E-state index in [0.29, 0.717) is 22.7 Å². The summed E-state index contributed by atoms with van der Waals surface area (Å²) < 4.78 is 12.5. The minimum atomic E-state index is -0.0150. The lowest BCUT2D eigenvalue weighted by molar-refractivity contribution is 0.414. The van der Waals surface area contributed by atoms with Crippen molar-refractivity contribution in [3.8, 4) is 11.4 Å². The molecule has 0 fully saturated rings. The van der Waals surface area contributed by atoms with Crippen molar-refractivity contribution in [2.45, 2.75) is 49.9 Å². The largest absolute Gasteiger partial charge is 0.497 e. The zero-order chi connectivity index (χ0) is 21.4. The Hall–Kier alpha value is -2.65. The first-order chi connectivity index (χ1) is 15.1. The number of methoxy groups -OCH3 is 1. The minimum absolute atomic E-state index is 0.0150. The Balaban J connectivity index is 1.66. The molecule has 1 aliphatic carbocycles. The molecule has 0 saturated heterocycles. The van der Waals surface area contributed by atoms with Crippen molar-refractivity contribution in [1.82, 2.24) is 19.7 Å². The average molecular weight is 455 g/mol. The van der Waals surface area contributed by atoms with Gasteiger partial charge in [-0.15, -0.1) is 21.5 Å². The van der Waals surface area contributed by atoms with Gasteiger partial charge in [0.2, 0.25) is 11.8 Å². The molecule has 0 saturated carbocycles. The van der Waals surface area contributed by atoms with E-state index >= 15 is 0 Å². The maximum atomic E-state index is 13.8. The number of aryl methyl sites for hydroxylation is 3. The topological polar surface area (TPSA) is 83.0 Å². The summed E-state index contributed by atoms with van der Waals surface area (Å²) in [6, 6.07) is 7.49. The number of benzene rings is 1. The quantitative estimate of drug-likeness (QED) is 0.245. The molecule has 9 heteroatoms. The number of ether oxygens (including phenoxy) is 1. The molecule has 0 bridgehead atoms. The van der Waals surface area contributed by atoms with E-state index in [0.717, 1.165) is 40.9 Å². The van der Waals surface area contributed by atoms with Crippen molar-refractivity contribution in [3.63, 3.8) is 0 Å². The van der Waals surface area contributed by atoms with Crippen LogP contribution in [-0.2, 0) is 18.6 Å². The highest BCUT2D eigenvalue weighted by molar-refractivity contribution is 7.98. The normalized spacial score (nSPS) is 13.9. The molecule has 7 nitrogen and oxygen atoms in total. The number of rotatable bonds is 5. The Morgan fingerprint density at radius 3 is 2.71 bits per heavy atom. The predicted molar refractivity (Wildman–Crippen MR) is 122 cm³/mol. The standard InChI is InChI=1S/C22H22N4O3S2/c1-13-24-25-18(29-13)12-30-22-23-20-19(16-6-4-3-5-7-17(16)31-20)21(27)26(22)14-8-10-15(28-2)11-9-14/h8-11H,3-7,12H2,1-2H3. The lowest BCUT2D eigenvalue weighted by atomic mass is 10.1. The van der Waals surface area contributed by atoms with E-state index in [2.05, 4.69) is 10.2 Å². The van der Waals surface area contributed by atoms with E-state index in [4.69, 9.17) is 14.1 Å². The third-order valence-corrected chi connectivity index (χ3v) is 7.54. The van der Waals surface area contributed by atoms with Gasteiger partial charge in [0.25, 0.3) is 5.56 Å². The summed E-state index contributed by atoms with van der Waals surface area (Å²) in [4.78, 5) is 20.9. The summed E-state index contributed by atoms with van der Waals surface area (Å²) in [5, 5.41) is 9.35. The van der Waals surface area contributed by atoms with Gasteiger partial charge in [-0.05, 0) is 55.5 Å². The first kappa shape index (κ1) is 20.3. The smallest absolute Gasteiger partial charge is 0.267 e. The number of nitrogens with zero attached hydrogens (tertiary/aromatic N) is 4. The fourth-order valence-electron chi connectivity index (χ4n) is 3.94. The Kier molecular flexibility index (Phi) is 5.54. The Bertz CT molecular complexity index is 1290. The Labute approximate surface area is 187 Å². The molecule has 0 unspecified atom stereocenters. The molecule has 0 amide bonds. The molecule has 0 aliphatic heterocycles. The number of hydrogen-bond donors (Lipinski definition) is 0. The van der Waals surface area contributed by atoms with E-state index < -0.39 is 0 Å². The summed E-state index contributed by atoms with van der Waals surface area (Å²) in [7, 11) is 1.63. The highest BCUT2D eigenvalue weighted by Crippen LogP contribution is 2.35. The van der Waals surface area contributed by atoms with Gasteiger partial charge in [0.05, 0.1) is 23.9 Å². The van der Waals surface area contributed by atoms with E-state index in [9.17, 15) is 4.79 Å². The summed E-state index contributed by atoms with van der Waals surface area (Å²) in [6.07, 6.45) is 5.48. The van der Waals surface area contributed by atoms with Gasteiger partial charge in [-0.25, -0.2) is 4.98 Å². The van der Waals surface area contributed by atoms with Gasteiger partial charge in [0.15, 0.2) is 5.16 Å². The number of thiophene rings is 1. The molecule has 1 aromatic carbocycles. The van der Waals surface area contributed by atoms with Crippen LogP contribution in [0.4, 0.5) is 0 Å². The van der Waals surface area contributed by atoms with Crippen LogP contribution in [0.2, 0.25) is 0 Å². The fourth-order valence-corrected chi connectivity index (χ4v) is 6.09. The zero-order valence-corrected chi connectivity index (χ0v) is 19.0. The van der Waals surface area contributed by atoms with Crippen LogP contribution in [0.1, 0.15) is 41.5 Å². The van der Waals surface area contributed by atoms with Gasteiger partial charge in [-0.1, -0.05) is 18.2 Å². The molecule has 31 heavy (non-hydrogen) atoms. The van der Waals surface area contributed by atoms with Gasteiger partial charge >= 0.3 is 0 Å². The summed E-state index contributed by atoms with van der Waals surface area (Å²) in [6.45, 7) is 1.76. The molecule has 5 rings (SSSR count). The van der Waals surface area contributed by atoms with Gasteiger partial charge < -0.3 is 9.15 Å². The molecule has 3 heterocycles. The average Bonchev–Trinajstić information content (AvgIpc) is 3.27. The monoisotopic (exact) mass is 454 g/mol. The molecule has 0 radical (unpaired) electrons. The predicted octanol–water partition coefficient (Wildman–Crippen LogP) is 4.71. The number of fused-ring (bicyclic) bond motifs is 3. The minimum Gasteiger partial charge on any atom is -0.497 e. The van der Waals surface area contributed by atoms with Crippen molar-refractivity contribution in [1.29, 1.82) is 0 Å². The SMILES string of the molecule is COc1ccc(-n2c(SCc3nnc(C)o3)nc3sc4c(c3c2=O)CCCCC4)cc1. The van der Waals surface area contributed by atoms with E-state index in [1.165, 1.54) is 35.0 Å². The number of aromatic nitrogens is 4. The molecular formula is C22H22N4O3S2. The second-order valence-corrected chi connectivity index (χ2v) is 9.51. The Morgan fingerprint density at radius 1 is 1.16 bits per heavy atom. The van der Waals surface area contributed by atoms with Crippen LogP contribution in [0, 0.1) is 6.92 Å². The highest BCUT2D eigenvalue weighted by atomic mass is 32.2. The van der Waals surface area contributed by atoms with Crippen LogP contribution in [0.15, 0.2) is 38.6 Å². The van der Waals surface area contributed by atoms with Gasteiger partial charge in [-0.2, -0.15) is 0 Å². The number of hydrogen-bond acceptors (Lipinski definition) is 8. The third-order valence-electron chi connectivity index (χ3n) is 5.43. The molecule has 4 aromatic rings. The zero-order valence-electron chi connectivity index (χ0n) is 17.4. The van der Waals surface area contributed by atoms with E-state index in [-0.39, 0.29) is 5.56 Å². The molecule has 1 aliphatic rings. The van der Waals surface area contributed by atoms with Gasteiger partial charge in [-0.3, -0.25) is 9.36 Å². The maximum absolute atomic E-state index is 13.8. The van der Waals surface area contributed by atoms with E-state index in [1.54, 1.807) is 29.9 Å². The highest BCUT2D eigenvalue weighted by Gasteiger charge is 2.22. The molecular weight excluding hydrogens is 432 g/mol. The van der Waals surface area contributed by atoms with Crippen LogP contribution in [0.5, 0.6) is 5.75 Å². The lowest BCUT2D eigenvalue weighted by Crippen LogP contribution is -2.22. The van der Waals surface area contributed by atoms with E-state index in [1.807, 2.05) is 24.3 Å². The first-order valence-corrected chi connectivity index (χ1v) is 12.1. The van der Waals surface area contributed by atoms with Crippen LogP contribution >= 0.6 is 23.1 Å². The second kappa shape index (κ2) is 8.47. The molecule has 0 spiro atoms. The van der Waals surface area contributed by atoms with Crippen LogP contribution < -0.4 is 10.3 Å². The summed E-state index contributed by atoms with van der Waals surface area (Å²) in [5.74, 6) is 2.22. The van der Waals surface area contributed by atoms with Crippen molar-refractivity contribution in [3.05, 3.63) is 56.8 Å². The second-order valence-electron chi connectivity index (χ2n) is 7.48. The fraction of sp³-hybridized carbons (Fsp3) is 0.364. The summed E-state index contributed by atoms with van der Waals surface area (Å²) in [5.41, 5.74) is 1.94. The molecule has 3 aromatic heterocycles. The number of thioether (sulfide) groups is 1. The molecule has 0 atom stereocenters.